The van der Waals surface area contributed by atoms with Gasteiger partial charge in [-0.15, -0.1) is 6.42 Å². The van der Waals surface area contributed by atoms with Crippen LogP contribution in [0.15, 0.2) is 16.7 Å². The first-order valence-electron chi connectivity index (χ1n) is 4.31. The van der Waals surface area contributed by atoms with Gasteiger partial charge in [0.25, 0.3) is 0 Å². The van der Waals surface area contributed by atoms with Crippen molar-refractivity contribution in [1.82, 2.24) is 5.32 Å². The van der Waals surface area contributed by atoms with Crippen LogP contribution < -0.4 is 5.32 Å². The zero-order valence-corrected chi connectivity index (χ0v) is 8.35. The van der Waals surface area contributed by atoms with E-state index in [9.17, 15) is 0 Å². The van der Waals surface area contributed by atoms with Crippen LogP contribution in [0, 0.1) is 19.3 Å². The van der Waals surface area contributed by atoms with Gasteiger partial charge >= 0.3 is 0 Å². The molecule has 1 N–H and O–H groups in total. The van der Waals surface area contributed by atoms with E-state index in [4.69, 9.17) is 10.8 Å². The van der Waals surface area contributed by atoms with E-state index in [0.717, 1.165) is 11.3 Å². The number of hydrogen-bond acceptors (Lipinski definition) is 2. The third kappa shape index (κ3) is 2.64. The molecule has 0 spiro atoms. The van der Waals surface area contributed by atoms with Crippen molar-refractivity contribution < 1.29 is 4.42 Å². The Bertz CT molecular complexity index is 317. The fourth-order valence-corrected chi connectivity index (χ4v) is 0.937. The number of terminal acetylenes is 1. The van der Waals surface area contributed by atoms with E-state index < -0.39 is 0 Å². The van der Waals surface area contributed by atoms with Gasteiger partial charge in [0, 0.05) is 0 Å². The van der Waals surface area contributed by atoms with Crippen molar-refractivity contribution in [3.8, 4) is 12.3 Å². The van der Waals surface area contributed by atoms with Gasteiger partial charge in [0.2, 0.25) is 0 Å². The number of nitrogens with one attached hydrogen (secondary N) is 1. The number of furan rings is 1. The number of aryl methyl sites for hydroxylation is 1. The molecule has 0 bridgehead atoms. The number of hydrogen-bond donors (Lipinski definition) is 1. The Labute approximate surface area is 79.3 Å². The molecule has 0 aromatic carbocycles. The van der Waals surface area contributed by atoms with Crippen LogP contribution in [0.4, 0.5) is 0 Å². The summed E-state index contributed by atoms with van der Waals surface area (Å²) < 4.78 is 5.27. The molecule has 0 radical (unpaired) electrons. The summed E-state index contributed by atoms with van der Waals surface area (Å²) in [5.74, 6) is 3.62. The first-order valence-corrected chi connectivity index (χ1v) is 4.31. The van der Waals surface area contributed by atoms with Crippen LogP contribution in [0.1, 0.15) is 25.2 Å². The van der Waals surface area contributed by atoms with Crippen LogP contribution in [0.25, 0.3) is 0 Å². The lowest BCUT2D eigenvalue weighted by molar-refractivity contribution is 0.426. The van der Waals surface area contributed by atoms with Crippen LogP contribution in [0.2, 0.25) is 0 Å². The van der Waals surface area contributed by atoms with Gasteiger partial charge in [-0.25, -0.2) is 0 Å². The summed E-state index contributed by atoms with van der Waals surface area (Å²) in [5.41, 5.74) is 0.875. The van der Waals surface area contributed by atoms with Crippen LogP contribution in [-0.2, 0) is 6.54 Å². The molecule has 1 aromatic heterocycles. The van der Waals surface area contributed by atoms with Crippen molar-refractivity contribution in [1.29, 1.82) is 0 Å². The summed E-state index contributed by atoms with van der Waals surface area (Å²) in [6.07, 6.45) is 7.03. The second-order valence-electron chi connectivity index (χ2n) is 3.65. The topological polar surface area (TPSA) is 25.2 Å². The molecule has 0 aliphatic heterocycles. The van der Waals surface area contributed by atoms with Gasteiger partial charge in [-0.1, -0.05) is 5.92 Å². The first kappa shape index (κ1) is 9.88. The molecule has 2 nitrogen and oxygen atoms in total. The van der Waals surface area contributed by atoms with Gasteiger partial charge in [0.05, 0.1) is 18.3 Å². The summed E-state index contributed by atoms with van der Waals surface area (Å²) in [6, 6.07) is 1.94. The standard InChI is InChI=1S/C11H15NO/c1-5-11(3,4)12-8-10-9(2)6-7-13-10/h1,6-7,12H,8H2,2-4H3. The van der Waals surface area contributed by atoms with Crippen molar-refractivity contribution in [3.63, 3.8) is 0 Å². The summed E-state index contributed by atoms with van der Waals surface area (Å²) >= 11 is 0. The third-order valence-corrected chi connectivity index (χ3v) is 2.02. The average Bonchev–Trinajstić information content (AvgIpc) is 2.48. The SMILES string of the molecule is C#CC(C)(C)NCc1occc1C. The van der Waals surface area contributed by atoms with Gasteiger partial charge < -0.3 is 4.42 Å². The highest BCUT2D eigenvalue weighted by molar-refractivity contribution is 5.16. The second-order valence-corrected chi connectivity index (χ2v) is 3.65. The van der Waals surface area contributed by atoms with E-state index >= 15 is 0 Å². The quantitative estimate of drug-likeness (QED) is 0.715. The van der Waals surface area contributed by atoms with Gasteiger partial charge in [0.1, 0.15) is 5.76 Å². The van der Waals surface area contributed by atoms with Crippen molar-refractivity contribution in [3.05, 3.63) is 23.7 Å². The van der Waals surface area contributed by atoms with Gasteiger partial charge in [0.15, 0.2) is 0 Å². The maximum Gasteiger partial charge on any atom is 0.120 e. The van der Waals surface area contributed by atoms with Crippen LogP contribution in [0.5, 0.6) is 0 Å². The third-order valence-electron chi connectivity index (χ3n) is 2.02. The molecule has 1 rings (SSSR count). The smallest absolute Gasteiger partial charge is 0.120 e. The Morgan fingerprint density at radius 2 is 2.31 bits per heavy atom. The summed E-state index contributed by atoms with van der Waals surface area (Å²) in [7, 11) is 0. The lowest BCUT2D eigenvalue weighted by Gasteiger charge is -2.18. The Hall–Kier alpha value is -1.20. The normalized spacial score (nSPS) is 11.2. The maximum absolute atomic E-state index is 5.34. The Morgan fingerprint density at radius 1 is 1.62 bits per heavy atom. The lowest BCUT2D eigenvalue weighted by atomic mass is 10.1. The molecule has 70 valence electrons. The van der Waals surface area contributed by atoms with Crippen LogP contribution in [-0.4, -0.2) is 5.54 Å². The zero-order chi connectivity index (χ0) is 9.90. The Kier molecular flexibility index (Phi) is 2.79. The molecule has 0 saturated heterocycles. The molecule has 1 aromatic rings. The van der Waals surface area contributed by atoms with Crippen LogP contribution >= 0.6 is 0 Å². The minimum absolute atomic E-state index is 0.279. The Balaban J connectivity index is 2.54. The van der Waals surface area contributed by atoms with E-state index in [2.05, 4.69) is 11.2 Å². The predicted octanol–water partition coefficient (Wildman–Crippen LogP) is 2.09. The van der Waals surface area contributed by atoms with Crippen molar-refractivity contribution in [2.75, 3.05) is 0 Å². The van der Waals surface area contributed by atoms with Gasteiger partial charge in [-0.3, -0.25) is 5.32 Å². The second kappa shape index (κ2) is 3.68. The van der Waals surface area contributed by atoms with Crippen LogP contribution in [0.3, 0.4) is 0 Å². The highest BCUT2D eigenvalue weighted by Crippen LogP contribution is 2.10. The first-order chi connectivity index (χ1) is 6.05. The minimum atomic E-state index is -0.279. The summed E-state index contributed by atoms with van der Waals surface area (Å²) in [4.78, 5) is 0. The largest absolute Gasteiger partial charge is 0.468 e. The van der Waals surface area contributed by atoms with E-state index in [-0.39, 0.29) is 5.54 Å². The van der Waals surface area contributed by atoms with E-state index in [1.165, 1.54) is 0 Å². The fourth-order valence-electron chi connectivity index (χ4n) is 0.937. The molecule has 0 amide bonds. The molecule has 2 heteroatoms. The molecule has 0 saturated carbocycles. The summed E-state index contributed by atoms with van der Waals surface area (Å²) in [5, 5.41) is 3.22. The fraction of sp³-hybridized carbons (Fsp3) is 0.455. The monoisotopic (exact) mass is 177 g/mol. The van der Waals surface area contributed by atoms with E-state index in [1.54, 1.807) is 6.26 Å². The summed E-state index contributed by atoms with van der Waals surface area (Å²) in [6.45, 7) is 6.62. The Morgan fingerprint density at radius 3 is 2.77 bits per heavy atom. The molecular formula is C11H15NO. The van der Waals surface area contributed by atoms with Crippen molar-refractivity contribution in [2.45, 2.75) is 32.9 Å². The molecule has 0 aliphatic carbocycles. The molecule has 0 atom stereocenters. The molecule has 0 unspecified atom stereocenters. The predicted molar refractivity (Wildman–Crippen MR) is 53.2 cm³/mol. The highest BCUT2D eigenvalue weighted by atomic mass is 16.3. The zero-order valence-electron chi connectivity index (χ0n) is 8.35. The van der Waals surface area contributed by atoms with Crippen molar-refractivity contribution >= 4 is 0 Å². The maximum atomic E-state index is 5.34. The molecular weight excluding hydrogens is 162 g/mol. The van der Waals surface area contributed by atoms with E-state index in [0.29, 0.717) is 6.54 Å². The minimum Gasteiger partial charge on any atom is -0.468 e. The molecule has 0 fully saturated rings. The average molecular weight is 177 g/mol. The lowest BCUT2D eigenvalue weighted by Crippen LogP contribution is -2.36. The molecule has 13 heavy (non-hydrogen) atoms. The molecule has 0 aliphatic rings. The molecule has 1 heterocycles. The van der Waals surface area contributed by atoms with Gasteiger partial charge in [-0.2, -0.15) is 0 Å². The highest BCUT2D eigenvalue weighted by Gasteiger charge is 2.13. The van der Waals surface area contributed by atoms with Crippen molar-refractivity contribution in [2.24, 2.45) is 0 Å². The van der Waals surface area contributed by atoms with Gasteiger partial charge in [-0.05, 0) is 32.4 Å². The number of rotatable bonds is 3. The van der Waals surface area contributed by atoms with E-state index in [1.807, 2.05) is 26.8 Å².